The average molecular weight is 282 g/mol. The normalized spacial score (nSPS) is 32.4. The highest BCUT2D eigenvalue weighted by molar-refractivity contribution is 4.90. The lowest BCUT2D eigenvalue weighted by Crippen LogP contribution is -2.49. The van der Waals surface area contributed by atoms with E-state index in [4.69, 9.17) is 10.5 Å². The van der Waals surface area contributed by atoms with Crippen molar-refractivity contribution in [3.8, 4) is 0 Å². The Morgan fingerprint density at radius 1 is 1.20 bits per heavy atom. The molecule has 1 aliphatic heterocycles. The Labute approximate surface area is 125 Å². The van der Waals surface area contributed by atoms with Crippen molar-refractivity contribution in [2.75, 3.05) is 26.2 Å². The summed E-state index contributed by atoms with van der Waals surface area (Å²) < 4.78 is 5.91. The maximum absolute atomic E-state index is 5.91. The maximum Gasteiger partial charge on any atom is 0.0599 e. The maximum atomic E-state index is 5.91. The first-order chi connectivity index (χ1) is 9.52. The summed E-state index contributed by atoms with van der Waals surface area (Å²) >= 11 is 0. The van der Waals surface area contributed by atoms with Gasteiger partial charge in [0.2, 0.25) is 0 Å². The number of hydrogen-bond donors (Lipinski definition) is 1. The van der Waals surface area contributed by atoms with Crippen LogP contribution in [-0.2, 0) is 4.74 Å². The van der Waals surface area contributed by atoms with Crippen LogP contribution in [0.2, 0.25) is 0 Å². The zero-order chi connectivity index (χ0) is 14.6. The van der Waals surface area contributed by atoms with Crippen LogP contribution < -0.4 is 5.73 Å². The third-order valence-electron chi connectivity index (χ3n) is 5.30. The minimum atomic E-state index is 0.480. The minimum absolute atomic E-state index is 0.480. The molecule has 0 bridgehead atoms. The van der Waals surface area contributed by atoms with Crippen LogP contribution in [0.25, 0.3) is 0 Å². The van der Waals surface area contributed by atoms with Crippen LogP contribution in [0, 0.1) is 11.3 Å². The average Bonchev–Trinajstić information content (AvgIpc) is 2.39. The second kappa shape index (κ2) is 7.24. The molecule has 2 unspecified atom stereocenters. The molecule has 20 heavy (non-hydrogen) atoms. The van der Waals surface area contributed by atoms with Crippen molar-refractivity contribution in [2.24, 2.45) is 17.1 Å². The molecular formula is C17H34N2O. The van der Waals surface area contributed by atoms with Crippen molar-refractivity contribution in [1.29, 1.82) is 0 Å². The summed E-state index contributed by atoms with van der Waals surface area (Å²) in [6.45, 7) is 11.3. The fraction of sp³-hybridized carbons (Fsp3) is 1.00. The monoisotopic (exact) mass is 282 g/mol. The SMILES string of the molecule is CC1CC(C)(C)CCC1N1CCC(OCCCN)CC1. The van der Waals surface area contributed by atoms with Gasteiger partial charge in [0, 0.05) is 25.7 Å². The van der Waals surface area contributed by atoms with Crippen LogP contribution in [0.1, 0.15) is 59.3 Å². The van der Waals surface area contributed by atoms with Crippen molar-refractivity contribution < 1.29 is 4.74 Å². The number of ether oxygens (including phenoxy) is 1. The number of rotatable bonds is 5. The van der Waals surface area contributed by atoms with Gasteiger partial charge in [0.05, 0.1) is 6.10 Å². The molecule has 0 aromatic heterocycles. The topological polar surface area (TPSA) is 38.5 Å². The molecule has 1 saturated heterocycles. The lowest BCUT2D eigenvalue weighted by molar-refractivity contribution is -0.0217. The van der Waals surface area contributed by atoms with Crippen molar-refractivity contribution in [3.05, 3.63) is 0 Å². The highest BCUT2D eigenvalue weighted by Gasteiger charge is 2.36. The fourth-order valence-electron chi connectivity index (χ4n) is 4.18. The summed E-state index contributed by atoms with van der Waals surface area (Å²) in [6, 6.07) is 0.813. The third-order valence-corrected chi connectivity index (χ3v) is 5.30. The van der Waals surface area contributed by atoms with Crippen molar-refractivity contribution in [1.82, 2.24) is 4.90 Å². The zero-order valence-electron chi connectivity index (χ0n) is 13.7. The predicted molar refractivity (Wildman–Crippen MR) is 84.8 cm³/mol. The van der Waals surface area contributed by atoms with Gasteiger partial charge >= 0.3 is 0 Å². The molecule has 0 radical (unpaired) electrons. The molecule has 2 atom stereocenters. The molecule has 1 aliphatic carbocycles. The Bertz CT molecular complexity index is 285. The van der Waals surface area contributed by atoms with Crippen molar-refractivity contribution in [2.45, 2.75) is 71.4 Å². The fourth-order valence-corrected chi connectivity index (χ4v) is 4.18. The number of nitrogens with zero attached hydrogens (tertiary/aromatic N) is 1. The molecule has 118 valence electrons. The van der Waals surface area contributed by atoms with Gasteiger partial charge in [-0.05, 0) is 56.4 Å². The van der Waals surface area contributed by atoms with E-state index in [1.54, 1.807) is 0 Å². The van der Waals surface area contributed by atoms with E-state index in [1.807, 2.05) is 0 Å². The molecule has 2 N–H and O–H groups in total. The predicted octanol–water partition coefficient (Wildman–Crippen LogP) is 3.03. The van der Waals surface area contributed by atoms with Gasteiger partial charge in [0.25, 0.3) is 0 Å². The van der Waals surface area contributed by atoms with Gasteiger partial charge in [0.1, 0.15) is 0 Å². The van der Waals surface area contributed by atoms with E-state index in [1.165, 1.54) is 45.2 Å². The van der Waals surface area contributed by atoms with Gasteiger partial charge in [-0.3, -0.25) is 4.90 Å². The van der Waals surface area contributed by atoms with Crippen LogP contribution in [0.5, 0.6) is 0 Å². The molecule has 0 aromatic rings. The number of hydrogen-bond acceptors (Lipinski definition) is 3. The van der Waals surface area contributed by atoms with E-state index in [2.05, 4.69) is 25.7 Å². The van der Waals surface area contributed by atoms with Gasteiger partial charge in [-0.1, -0.05) is 20.8 Å². The van der Waals surface area contributed by atoms with E-state index in [0.717, 1.165) is 31.5 Å². The largest absolute Gasteiger partial charge is 0.378 e. The minimum Gasteiger partial charge on any atom is -0.378 e. The molecule has 1 saturated carbocycles. The second-order valence-electron chi connectivity index (χ2n) is 7.70. The standard InChI is InChI=1S/C17H34N2O/c1-14-13-17(2,3)8-5-16(14)19-10-6-15(7-11-19)20-12-4-9-18/h14-16H,4-13,18H2,1-3H3. The Morgan fingerprint density at radius 2 is 1.90 bits per heavy atom. The van der Waals surface area contributed by atoms with Gasteiger partial charge in [0.15, 0.2) is 0 Å². The van der Waals surface area contributed by atoms with Gasteiger partial charge in [-0.25, -0.2) is 0 Å². The highest BCUT2D eigenvalue weighted by Crippen LogP contribution is 2.41. The summed E-state index contributed by atoms with van der Waals surface area (Å²) in [5.74, 6) is 0.841. The van der Waals surface area contributed by atoms with Gasteiger partial charge < -0.3 is 10.5 Å². The van der Waals surface area contributed by atoms with E-state index >= 15 is 0 Å². The highest BCUT2D eigenvalue weighted by atomic mass is 16.5. The third kappa shape index (κ3) is 4.44. The first-order valence-corrected chi connectivity index (χ1v) is 8.57. The Morgan fingerprint density at radius 3 is 2.50 bits per heavy atom. The molecule has 0 aromatic carbocycles. The molecule has 0 amide bonds. The molecule has 0 spiro atoms. The van der Waals surface area contributed by atoms with E-state index < -0.39 is 0 Å². The molecule has 3 nitrogen and oxygen atoms in total. The number of piperidine rings is 1. The van der Waals surface area contributed by atoms with E-state index in [-0.39, 0.29) is 0 Å². The Kier molecular flexibility index (Phi) is 5.88. The van der Waals surface area contributed by atoms with Crippen LogP contribution in [0.3, 0.4) is 0 Å². The summed E-state index contributed by atoms with van der Waals surface area (Å²) in [4.78, 5) is 2.74. The number of likely N-dealkylation sites (tertiary alicyclic amines) is 1. The lowest BCUT2D eigenvalue weighted by Gasteiger charge is -2.46. The molecular weight excluding hydrogens is 248 g/mol. The molecule has 1 heterocycles. The molecule has 2 aliphatic rings. The Balaban J connectivity index is 1.73. The summed E-state index contributed by atoms with van der Waals surface area (Å²) in [5.41, 5.74) is 6.07. The number of nitrogens with two attached hydrogens (primary N) is 1. The molecule has 2 fully saturated rings. The van der Waals surface area contributed by atoms with Crippen LogP contribution in [-0.4, -0.2) is 43.3 Å². The van der Waals surface area contributed by atoms with Gasteiger partial charge in [-0.2, -0.15) is 0 Å². The summed E-state index contributed by atoms with van der Waals surface area (Å²) in [5, 5.41) is 0. The smallest absolute Gasteiger partial charge is 0.0599 e. The van der Waals surface area contributed by atoms with Crippen molar-refractivity contribution in [3.63, 3.8) is 0 Å². The van der Waals surface area contributed by atoms with E-state index in [9.17, 15) is 0 Å². The lowest BCUT2D eigenvalue weighted by atomic mass is 9.70. The van der Waals surface area contributed by atoms with Crippen LogP contribution in [0.4, 0.5) is 0 Å². The zero-order valence-corrected chi connectivity index (χ0v) is 13.7. The Hall–Kier alpha value is -0.120. The van der Waals surface area contributed by atoms with Crippen LogP contribution >= 0.6 is 0 Å². The van der Waals surface area contributed by atoms with Crippen LogP contribution in [0.15, 0.2) is 0 Å². The van der Waals surface area contributed by atoms with Gasteiger partial charge in [-0.15, -0.1) is 0 Å². The molecule has 2 rings (SSSR count). The quantitative estimate of drug-likeness (QED) is 0.788. The summed E-state index contributed by atoms with van der Waals surface area (Å²) in [7, 11) is 0. The first kappa shape index (κ1) is 16.3. The molecule has 3 heteroatoms. The van der Waals surface area contributed by atoms with Crippen molar-refractivity contribution >= 4 is 0 Å². The summed E-state index contributed by atoms with van der Waals surface area (Å²) in [6.07, 6.45) is 8.03. The van der Waals surface area contributed by atoms with E-state index in [0.29, 0.717) is 11.5 Å². The second-order valence-corrected chi connectivity index (χ2v) is 7.70. The first-order valence-electron chi connectivity index (χ1n) is 8.57.